The highest BCUT2D eigenvalue weighted by Crippen LogP contribution is 2.31. The number of H-pyrrole nitrogens is 1. The highest BCUT2D eigenvalue weighted by Gasteiger charge is 2.10. The minimum Gasteiger partial charge on any atom is -0.490 e. The smallest absolute Gasteiger partial charge is 0.248 e. The molecule has 1 aromatic heterocycles. The molecule has 4 heteroatoms. The molecule has 1 aliphatic rings. The van der Waals surface area contributed by atoms with Gasteiger partial charge in [0.2, 0.25) is 5.56 Å². The van der Waals surface area contributed by atoms with E-state index in [1.165, 1.54) is 0 Å². The van der Waals surface area contributed by atoms with E-state index in [-0.39, 0.29) is 5.56 Å². The van der Waals surface area contributed by atoms with Crippen LogP contribution in [0.4, 0.5) is 5.69 Å². The molecule has 4 nitrogen and oxygen atoms in total. The summed E-state index contributed by atoms with van der Waals surface area (Å²) in [6.45, 7) is 1.50. The molecule has 0 amide bonds. The Morgan fingerprint density at radius 3 is 2.88 bits per heavy atom. The second-order valence-electron chi connectivity index (χ2n) is 3.93. The summed E-state index contributed by atoms with van der Waals surface area (Å²) in [5.41, 5.74) is 2.80. The average Bonchev–Trinajstić information content (AvgIpc) is 2.38. The highest BCUT2D eigenvalue weighted by molar-refractivity contribution is 5.72. The predicted octanol–water partition coefficient (Wildman–Crippen LogP) is 1.85. The van der Waals surface area contributed by atoms with Crippen molar-refractivity contribution < 1.29 is 4.74 Å². The van der Waals surface area contributed by atoms with E-state index in [1.807, 2.05) is 24.3 Å². The van der Waals surface area contributed by atoms with Gasteiger partial charge in [-0.15, -0.1) is 0 Å². The van der Waals surface area contributed by atoms with Gasteiger partial charge in [0.25, 0.3) is 0 Å². The molecular weight excluding hydrogens is 216 g/mol. The SMILES string of the molecule is O=c1cc(-c2ccc3c(c2)NCCO3)cc[nH]1. The molecule has 1 aromatic carbocycles. The number of hydrogen-bond acceptors (Lipinski definition) is 3. The molecule has 0 spiro atoms. The Morgan fingerprint density at radius 2 is 2.00 bits per heavy atom. The van der Waals surface area contributed by atoms with Crippen LogP contribution in [-0.2, 0) is 0 Å². The van der Waals surface area contributed by atoms with Crippen molar-refractivity contribution in [2.24, 2.45) is 0 Å². The molecular formula is C13H12N2O2. The van der Waals surface area contributed by atoms with Crippen LogP contribution < -0.4 is 15.6 Å². The molecule has 2 aromatic rings. The lowest BCUT2D eigenvalue weighted by Crippen LogP contribution is -2.17. The number of benzene rings is 1. The summed E-state index contributed by atoms with van der Waals surface area (Å²) >= 11 is 0. The van der Waals surface area contributed by atoms with Gasteiger partial charge < -0.3 is 15.0 Å². The van der Waals surface area contributed by atoms with Crippen LogP contribution >= 0.6 is 0 Å². The first-order valence-corrected chi connectivity index (χ1v) is 5.53. The van der Waals surface area contributed by atoms with Gasteiger partial charge in [-0.1, -0.05) is 6.07 Å². The number of rotatable bonds is 1. The molecule has 0 unspecified atom stereocenters. The number of aromatic nitrogens is 1. The summed E-state index contributed by atoms with van der Waals surface area (Å²) < 4.78 is 5.51. The van der Waals surface area contributed by atoms with Crippen molar-refractivity contribution in [3.63, 3.8) is 0 Å². The topological polar surface area (TPSA) is 54.1 Å². The van der Waals surface area contributed by atoms with Crippen LogP contribution in [0.3, 0.4) is 0 Å². The van der Waals surface area contributed by atoms with E-state index >= 15 is 0 Å². The second kappa shape index (κ2) is 3.97. The molecule has 0 saturated carbocycles. The predicted molar refractivity (Wildman–Crippen MR) is 66.5 cm³/mol. The maximum atomic E-state index is 11.3. The minimum atomic E-state index is -0.0931. The third-order valence-corrected chi connectivity index (χ3v) is 2.76. The Balaban J connectivity index is 2.07. The summed E-state index contributed by atoms with van der Waals surface area (Å²) in [4.78, 5) is 13.9. The third-order valence-electron chi connectivity index (χ3n) is 2.76. The zero-order valence-corrected chi connectivity index (χ0v) is 9.19. The van der Waals surface area contributed by atoms with Gasteiger partial charge in [-0.3, -0.25) is 4.79 Å². The maximum Gasteiger partial charge on any atom is 0.248 e. The van der Waals surface area contributed by atoms with E-state index in [2.05, 4.69) is 10.3 Å². The van der Waals surface area contributed by atoms with Crippen LogP contribution in [0.5, 0.6) is 5.75 Å². The number of anilines is 1. The Bertz CT molecular complexity index is 604. The molecule has 2 heterocycles. The van der Waals surface area contributed by atoms with Crippen molar-refractivity contribution >= 4 is 5.69 Å². The zero-order chi connectivity index (χ0) is 11.7. The number of hydrogen-bond donors (Lipinski definition) is 2. The highest BCUT2D eigenvalue weighted by atomic mass is 16.5. The normalized spacial score (nSPS) is 13.4. The largest absolute Gasteiger partial charge is 0.490 e. The van der Waals surface area contributed by atoms with Crippen molar-refractivity contribution in [2.75, 3.05) is 18.5 Å². The molecule has 0 radical (unpaired) electrons. The van der Waals surface area contributed by atoms with Gasteiger partial charge in [0.05, 0.1) is 5.69 Å². The Kier molecular flexibility index (Phi) is 2.33. The number of ether oxygens (including phenoxy) is 1. The van der Waals surface area contributed by atoms with Crippen molar-refractivity contribution in [1.82, 2.24) is 4.98 Å². The summed E-state index contributed by atoms with van der Waals surface area (Å²) in [5.74, 6) is 0.866. The van der Waals surface area contributed by atoms with Crippen molar-refractivity contribution in [1.29, 1.82) is 0 Å². The molecule has 86 valence electrons. The Hall–Kier alpha value is -2.23. The minimum absolute atomic E-state index is 0.0931. The molecule has 0 fully saturated rings. The van der Waals surface area contributed by atoms with Crippen molar-refractivity contribution in [3.05, 3.63) is 46.9 Å². The van der Waals surface area contributed by atoms with Crippen molar-refractivity contribution in [3.8, 4) is 16.9 Å². The molecule has 0 bridgehead atoms. The Morgan fingerprint density at radius 1 is 1.12 bits per heavy atom. The van der Waals surface area contributed by atoms with Crippen LogP contribution in [0.15, 0.2) is 41.3 Å². The first-order chi connectivity index (χ1) is 8.33. The van der Waals surface area contributed by atoms with E-state index in [9.17, 15) is 4.79 Å². The van der Waals surface area contributed by atoms with Crippen molar-refractivity contribution in [2.45, 2.75) is 0 Å². The molecule has 0 atom stereocenters. The van der Waals surface area contributed by atoms with E-state index in [4.69, 9.17) is 4.74 Å². The van der Waals surface area contributed by atoms with Crippen LogP contribution in [0, 0.1) is 0 Å². The summed E-state index contributed by atoms with van der Waals surface area (Å²) in [6, 6.07) is 9.36. The van der Waals surface area contributed by atoms with Gasteiger partial charge in [0.15, 0.2) is 0 Å². The first-order valence-electron chi connectivity index (χ1n) is 5.53. The zero-order valence-electron chi connectivity index (χ0n) is 9.19. The fourth-order valence-corrected chi connectivity index (χ4v) is 1.94. The van der Waals surface area contributed by atoms with E-state index < -0.39 is 0 Å². The molecule has 2 N–H and O–H groups in total. The van der Waals surface area contributed by atoms with Gasteiger partial charge in [-0.25, -0.2) is 0 Å². The number of fused-ring (bicyclic) bond motifs is 1. The lowest BCUT2D eigenvalue weighted by atomic mass is 10.1. The number of pyridine rings is 1. The molecule has 0 aliphatic carbocycles. The fraction of sp³-hybridized carbons (Fsp3) is 0.154. The van der Waals surface area contributed by atoms with E-state index in [1.54, 1.807) is 12.3 Å². The first kappa shape index (κ1) is 9.96. The Labute approximate surface area is 98.3 Å². The molecule has 1 aliphatic heterocycles. The van der Waals surface area contributed by atoms with Crippen LogP contribution in [0.25, 0.3) is 11.1 Å². The van der Waals surface area contributed by atoms with Gasteiger partial charge in [-0.05, 0) is 29.3 Å². The standard InChI is InChI=1S/C13H12N2O2/c16-13-8-10(3-4-15-13)9-1-2-12-11(7-9)14-5-6-17-12/h1-4,7-8,14H,5-6H2,(H,15,16). The third kappa shape index (κ3) is 1.89. The summed E-state index contributed by atoms with van der Waals surface area (Å²) in [7, 11) is 0. The van der Waals surface area contributed by atoms with Crippen LogP contribution in [0.1, 0.15) is 0 Å². The van der Waals surface area contributed by atoms with Crippen LogP contribution in [-0.4, -0.2) is 18.1 Å². The van der Waals surface area contributed by atoms with Gasteiger partial charge in [0.1, 0.15) is 12.4 Å². The van der Waals surface area contributed by atoms with Crippen LogP contribution in [0.2, 0.25) is 0 Å². The van der Waals surface area contributed by atoms with Gasteiger partial charge in [-0.2, -0.15) is 0 Å². The quantitative estimate of drug-likeness (QED) is 0.783. The fourth-order valence-electron chi connectivity index (χ4n) is 1.94. The van der Waals surface area contributed by atoms with E-state index in [0.29, 0.717) is 6.61 Å². The molecule has 17 heavy (non-hydrogen) atoms. The maximum absolute atomic E-state index is 11.3. The lowest BCUT2D eigenvalue weighted by Gasteiger charge is -2.19. The monoisotopic (exact) mass is 228 g/mol. The van der Waals surface area contributed by atoms with Gasteiger partial charge >= 0.3 is 0 Å². The number of nitrogens with one attached hydrogen (secondary N) is 2. The lowest BCUT2D eigenvalue weighted by molar-refractivity contribution is 0.323. The summed E-state index contributed by atoms with van der Waals surface area (Å²) in [5, 5.41) is 3.28. The summed E-state index contributed by atoms with van der Waals surface area (Å²) in [6.07, 6.45) is 1.65. The molecule has 0 saturated heterocycles. The van der Waals surface area contributed by atoms with Gasteiger partial charge in [0, 0.05) is 18.8 Å². The molecule has 3 rings (SSSR count). The number of aromatic amines is 1. The average molecular weight is 228 g/mol. The second-order valence-corrected chi connectivity index (χ2v) is 3.93. The van der Waals surface area contributed by atoms with E-state index in [0.717, 1.165) is 29.1 Å².